The molecule has 9 nitrogen and oxygen atoms in total. The number of amides is 1. The van der Waals surface area contributed by atoms with Crippen LogP contribution in [0.25, 0.3) is 0 Å². The van der Waals surface area contributed by atoms with Crippen LogP contribution in [0.15, 0.2) is 17.0 Å². The number of aryl methyl sites for hydroxylation is 2. The molecular formula is C30H47N3O6S. The molecule has 1 atom stereocenters. The smallest absolute Gasteiger partial charge is 0.248 e. The summed E-state index contributed by atoms with van der Waals surface area (Å²) < 4.78 is 46.7. The maximum atomic E-state index is 14.0. The summed E-state index contributed by atoms with van der Waals surface area (Å²) in [6.07, 6.45) is 7.45. The molecular weight excluding hydrogens is 530 g/mol. The molecule has 3 saturated heterocycles. The maximum Gasteiger partial charge on any atom is 0.248 e. The summed E-state index contributed by atoms with van der Waals surface area (Å²) >= 11 is 0. The van der Waals surface area contributed by atoms with E-state index in [-0.39, 0.29) is 42.6 Å². The van der Waals surface area contributed by atoms with Gasteiger partial charge in [0.25, 0.3) is 0 Å². The fourth-order valence-corrected chi connectivity index (χ4v) is 9.13. The van der Waals surface area contributed by atoms with Gasteiger partial charge in [0.15, 0.2) is 0 Å². The first-order valence-corrected chi connectivity index (χ1v) is 16.3. The van der Waals surface area contributed by atoms with E-state index in [1.54, 1.807) is 33.1 Å². The number of hydrogen-bond donors (Lipinski definition) is 0. The molecule has 10 heteroatoms. The second-order valence-electron chi connectivity index (χ2n) is 13.1. The molecule has 1 aromatic carbocycles. The lowest BCUT2D eigenvalue weighted by Gasteiger charge is -2.45. The van der Waals surface area contributed by atoms with Crippen molar-refractivity contribution in [2.24, 2.45) is 5.41 Å². The number of rotatable bonds is 8. The van der Waals surface area contributed by atoms with Crippen LogP contribution < -0.4 is 4.74 Å². The summed E-state index contributed by atoms with van der Waals surface area (Å²) in [5.74, 6) is 0.619. The van der Waals surface area contributed by atoms with Crippen molar-refractivity contribution >= 4 is 15.9 Å². The van der Waals surface area contributed by atoms with E-state index in [2.05, 4.69) is 4.90 Å². The van der Waals surface area contributed by atoms with Gasteiger partial charge in [0.05, 0.1) is 36.9 Å². The molecule has 1 aromatic rings. The molecule has 3 heterocycles. The quantitative estimate of drug-likeness (QED) is 0.468. The Morgan fingerprint density at radius 2 is 1.70 bits per heavy atom. The van der Waals surface area contributed by atoms with Gasteiger partial charge in [-0.05, 0) is 102 Å². The van der Waals surface area contributed by atoms with Crippen LogP contribution in [0.3, 0.4) is 0 Å². The largest absolute Gasteiger partial charge is 0.497 e. The molecule has 0 N–H and O–H groups in total. The highest BCUT2D eigenvalue weighted by Gasteiger charge is 2.44. The average molecular weight is 578 g/mol. The molecule has 224 valence electrons. The molecule has 1 saturated carbocycles. The Bertz CT molecular complexity index is 1170. The first kappa shape index (κ1) is 29.8. The predicted molar refractivity (Wildman–Crippen MR) is 153 cm³/mol. The van der Waals surface area contributed by atoms with E-state index in [0.29, 0.717) is 16.9 Å². The highest BCUT2D eigenvalue weighted by atomic mass is 32.2. The van der Waals surface area contributed by atoms with Crippen LogP contribution in [0.1, 0.15) is 63.5 Å². The van der Waals surface area contributed by atoms with Crippen LogP contribution in [-0.2, 0) is 24.3 Å². The molecule has 1 spiro atoms. The Morgan fingerprint density at radius 1 is 1.05 bits per heavy atom. The summed E-state index contributed by atoms with van der Waals surface area (Å²) in [6, 6.07) is 3.76. The van der Waals surface area contributed by atoms with Crippen LogP contribution >= 0.6 is 0 Å². The molecule has 3 aliphatic heterocycles. The molecule has 5 rings (SSSR count). The summed E-state index contributed by atoms with van der Waals surface area (Å²) in [5.41, 5.74) is 0.888. The Balaban J connectivity index is 1.19. The van der Waals surface area contributed by atoms with Crippen molar-refractivity contribution < 1.29 is 27.4 Å². The van der Waals surface area contributed by atoms with E-state index in [0.717, 1.165) is 38.6 Å². The third-order valence-electron chi connectivity index (χ3n) is 9.62. The lowest BCUT2D eigenvalue weighted by molar-refractivity contribution is -0.138. The Kier molecular flexibility index (Phi) is 8.57. The van der Waals surface area contributed by atoms with Gasteiger partial charge in [0.1, 0.15) is 12.4 Å². The summed E-state index contributed by atoms with van der Waals surface area (Å²) in [4.78, 5) is 18.0. The van der Waals surface area contributed by atoms with Crippen molar-refractivity contribution in [1.82, 2.24) is 14.1 Å². The number of methoxy groups -OCH3 is 1. The van der Waals surface area contributed by atoms with Crippen LogP contribution in [-0.4, -0.2) is 106 Å². The Labute approximate surface area is 240 Å². The average Bonchev–Trinajstić information content (AvgIpc) is 3.28. The van der Waals surface area contributed by atoms with Crippen molar-refractivity contribution in [1.29, 1.82) is 0 Å². The molecule has 0 radical (unpaired) electrons. The molecule has 0 bridgehead atoms. The number of hydrogen-bond acceptors (Lipinski definition) is 7. The normalized spacial score (nSPS) is 25.7. The minimum atomic E-state index is -3.84. The number of sulfonamides is 1. The number of ether oxygens (including phenoxy) is 3. The molecule has 40 heavy (non-hydrogen) atoms. The second-order valence-corrected chi connectivity index (χ2v) is 14.9. The molecule has 1 amide bonds. The van der Waals surface area contributed by atoms with Gasteiger partial charge in [-0.25, -0.2) is 8.42 Å². The highest BCUT2D eigenvalue weighted by molar-refractivity contribution is 7.89. The number of nitrogens with zero attached hydrogens (tertiary/aromatic N) is 3. The first-order chi connectivity index (χ1) is 18.9. The fraction of sp³-hybridized carbons (Fsp3) is 0.767. The van der Waals surface area contributed by atoms with Crippen LogP contribution in [0.5, 0.6) is 5.75 Å². The predicted octanol–water partition coefficient (Wildman–Crippen LogP) is 3.36. The van der Waals surface area contributed by atoms with Gasteiger partial charge in [-0.1, -0.05) is 6.42 Å². The topological polar surface area (TPSA) is 88.6 Å². The van der Waals surface area contributed by atoms with Gasteiger partial charge in [-0.15, -0.1) is 0 Å². The van der Waals surface area contributed by atoms with E-state index >= 15 is 0 Å². The van der Waals surface area contributed by atoms with Crippen LogP contribution in [0.4, 0.5) is 0 Å². The van der Waals surface area contributed by atoms with E-state index in [4.69, 9.17) is 14.2 Å². The van der Waals surface area contributed by atoms with E-state index in [9.17, 15) is 13.2 Å². The second kappa shape index (κ2) is 11.5. The lowest BCUT2D eigenvalue weighted by atomic mass is 9.76. The zero-order valence-electron chi connectivity index (χ0n) is 24.9. The number of piperidine rings is 1. The van der Waals surface area contributed by atoms with Gasteiger partial charge in [-0.3, -0.25) is 4.79 Å². The number of likely N-dealkylation sites (tertiary alicyclic amines) is 2. The fourth-order valence-electron chi connectivity index (χ4n) is 6.96. The third kappa shape index (κ3) is 6.07. The molecule has 0 aromatic heterocycles. The number of carbonyl (C=O) groups is 1. The zero-order valence-corrected chi connectivity index (χ0v) is 25.7. The lowest BCUT2D eigenvalue weighted by Crippen LogP contribution is -2.57. The van der Waals surface area contributed by atoms with Crippen molar-refractivity contribution in [2.45, 2.75) is 88.8 Å². The van der Waals surface area contributed by atoms with E-state index < -0.39 is 21.7 Å². The SMILES string of the molecule is COc1cc(C)c(S(=O)(=O)N2CC(C)(C)OC[C@H]2COCC(=O)N2CCC3(CCN(C4CCC4)CC3)C2)c(C)c1. The monoisotopic (exact) mass is 577 g/mol. The molecule has 4 fully saturated rings. The minimum Gasteiger partial charge on any atom is -0.497 e. The van der Waals surface area contributed by atoms with Crippen molar-refractivity contribution in [3.05, 3.63) is 23.3 Å². The van der Waals surface area contributed by atoms with E-state index in [1.165, 1.54) is 36.4 Å². The molecule has 0 unspecified atom stereocenters. The van der Waals surface area contributed by atoms with Crippen LogP contribution in [0.2, 0.25) is 0 Å². The Morgan fingerprint density at radius 3 is 2.30 bits per heavy atom. The minimum absolute atomic E-state index is 0.00777. The highest BCUT2D eigenvalue weighted by Crippen LogP contribution is 2.42. The number of carbonyl (C=O) groups excluding carboxylic acids is 1. The van der Waals surface area contributed by atoms with E-state index in [1.807, 2.05) is 18.7 Å². The van der Waals surface area contributed by atoms with Gasteiger partial charge < -0.3 is 24.0 Å². The molecule has 4 aliphatic rings. The van der Waals surface area contributed by atoms with Gasteiger partial charge in [0.2, 0.25) is 15.9 Å². The summed E-state index contributed by atoms with van der Waals surface area (Å²) in [6.45, 7) is 11.7. The molecule has 1 aliphatic carbocycles. The van der Waals surface area contributed by atoms with Crippen molar-refractivity contribution in [2.75, 3.05) is 59.7 Å². The van der Waals surface area contributed by atoms with Crippen molar-refractivity contribution in [3.8, 4) is 5.75 Å². The maximum absolute atomic E-state index is 14.0. The Hall–Kier alpha value is -1.72. The summed E-state index contributed by atoms with van der Waals surface area (Å²) in [5, 5.41) is 0. The zero-order chi connectivity index (χ0) is 28.7. The standard InChI is InChI=1S/C30H47N3O6S/c1-22-15-26(37-5)16-23(2)28(22)40(35,36)33-20-29(3,4)39-18-25(33)17-38-19-27(34)32-14-11-30(21-32)9-12-31(13-10-30)24-7-6-8-24/h15-16,24-25H,6-14,17-21H2,1-5H3/t25-/m1/s1. The summed E-state index contributed by atoms with van der Waals surface area (Å²) in [7, 11) is -2.27. The van der Waals surface area contributed by atoms with Gasteiger partial charge >= 0.3 is 0 Å². The number of benzene rings is 1. The van der Waals surface area contributed by atoms with Gasteiger partial charge in [0, 0.05) is 25.7 Å². The first-order valence-electron chi connectivity index (χ1n) is 14.8. The van der Waals surface area contributed by atoms with Crippen LogP contribution in [0, 0.1) is 19.3 Å². The number of morpholine rings is 1. The third-order valence-corrected chi connectivity index (χ3v) is 11.8. The van der Waals surface area contributed by atoms with Gasteiger partial charge in [-0.2, -0.15) is 4.31 Å². The van der Waals surface area contributed by atoms with Crippen molar-refractivity contribution in [3.63, 3.8) is 0 Å².